The van der Waals surface area contributed by atoms with E-state index in [-0.39, 0.29) is 29.0 Å². The third-order valence-electron chi connectivity index (χ3n) is 7.05. The van der Waals surface area contributed by atoms with Crippen molar-refractivity contribution in [2.75, 3.05) is 5.75 Å². The van der Waals surface area contributed by atoms with Gasteiger partial charge in [0.2, 0.25) is 0 Å². The highest BCUT2D eigenvalue weighted by atomic mass is 32.2. The van der Waals surface area contributed by atoms with Gasteiger partial charge in [-0.15, -0.1) is 11.8 Å². The number of thioether (sulfide) groups is 1. The summed E-state index contributed by atoms with van der Waals surface area (Å²) in [7, 11) is 0. The number of hydrogen-bond acceptors (Lipinski definition) is 7. The molecule has 5 N–H and O–H groups in total. The largest absolute Gasteiger partial charge is 0.478 e. The maximum atomic E-state index is 12.9. The lowest BCUT2D eigenvalue weighted by Crippen LogP contribution is -2.55. The fourth-order valence-corrected chi connectivity index (χ4v) is 6.83. The van der Waals surface area contributed by atoms with E-state index in [9.17, 15) is 30.0 Å². The van der Waals surface area contributed by atoms with E-state index in [1.165, 1.54) is 23.9 Å². The Hall–Kier alpha value is -1.65. The monoisotopic (exact) mass is 451 g/mol. The average Bonchev–Trinajstić information content (AvgIpc) is 3.36. The van der Waals surface area contributed by atoms with E-state index in [1.54, 1.807) is 19.1 Å². The number of benzene rings is 1. The predicted molar refractivity (Wildman–Crippen MR) is 114 cm³/mol. The number of nitrogens with one attached hydrogen (secondary N) is 1. The molecule has 1 aliphatic heterocycles. The van der Waals surface area contributed by atoms with Crippen molar-refractivity contribution in [1.82, 2.24) is 5.32 Å². The lowest BCUT2D eigenvalue weighted by Gasteiger charge is -2.40. The van der Waals surface area contributed by atoms with Crippen molar-refractivity contribution < 1.29 is 34.8 Å². The first-order valence-corrected chi connectivity index (χ1v) is 11.8. The van der Waals surface area contributed by atoms with Crippen LogP contribution in [0, 0.1) is 17.8 Å². The van der Waals surface area contributed by atoms with Crippen molar-refractivity contribution in [3.8, 4) is 0 Å². The number of rotatable bonds is 6. The molecule has 31 heavy (non-hydrogen) atoms. The Bertz CT molecular complexity index is 836. The summed E-state index contributed by atoms with van der Waals surface area (Å²) in [6, 6.07) is 6.12. The molecule has 9 atom stereocenters. The summed E-state index contributed by atoms with van der Waals surface area (Å²) in [5.74, 6) is 0.0750. The van der Waals surface area contributed by atoms with Crippen LogP contribution in [0.1, 0.15) is 46.9 Å². The number of fused-ring (bicyclic) bond motifs is 2. The Morgan fingerprint density at radius 3 is 2.45 bits per heavy atom. The minimum atomic E-state index is -1.26. The fraction of sp³-hybridized carbons (Fsp3) is 0.636. The molecule has 2 aliphatic carbocycles. The van der Waals surface area contributed by atoms with Crippen LogP contribution in [0.15, 0.2) is 24.3 Å². The van der Waals surface area contributed by atoms with Crippen LogP contribution >= 0.6 is 11.8 Å². The number of aliphatic hydroxyl groups excluding tert-OH is 3. The van der Waals surface area contributed by atoms with E-state index in [4.69, 9.17) is 4.74 Å². The van der Waals surface area contributed by atoms with Crippen LogP contribution in [-0.2, 0) is 4.74 Å². The van der Waals surface area contributed by atoms with Crippen molar-refractivity contribution in [3.63, 3.8) is 0 Å². The van der Waals surface area contributed by atoms with Gasteiger partial charge in [-0.05, 0) is 56.1 Å². The molecular weight excluding hydrogens is 422 g/mol. The zero-order valence-corrected chi connectivity index (χ0v) is 18.1. The molecule has 0 radical (unpaired) electrons. The van der Waals surface area contributed by atoms with Gasteiger partial charge in [-0.2, -0.15) is 0 Å². The molecule has 170 valence electrons. The topological polar surface area (TPSA) is 136 Å². The summed E-state index contributed by atoms with van der Waals surface area (Å²) in [6.07, 6.45) is -1.03. The van der Waals surface area contributed by atoms with Crippen molar-refractivity contribution in [2.24, 2.45) is 17.8 Å². The van der Waals surface area contributed by atoms with Crippen LogP contribution < -0.4 is 5.32 Å². The van der Waals surface area contributed by atoms with Crippen LogP contribution in [0.25, 0.3) is 0 Å². The maximum Gasteiger partial charge on any atom is 0.336 e. The molecule has 1 heterocycles. The smallest absolute Gasteiger partial charge is 0.336 e. The number of carbonyl (C=O) groups excluding carboxylic acids is 1. The van der Waals surface area contributed by atoms with Gasteiger partial charge in [0.25, 0.3) is 5.91 Å². The fourth-order valence-electron chi connectivity index (χ4n) is 5.33. The predicted octanol–water partition coefficient (Wildman–Crippen LogP) is 1.09. The van der Waals surface area contributed by atoms with Gasteiger partial charge in [0.05, 0.1) is 17.2 Å². The summed E-state index contributed by atoms with van der Waals surface area (Å²) in [4.78, 5) is 24.4. The Balaban J connectivity index is 1.44. The number of carboxylic acid groups (broad SMARTS) is 1. The van der Waals surface area contributed by atoms with Crippen LogP contribution in [0.5, 0.6) is 0 Å². The molecule has 1 saturated heterocycles. The molecule has 2 bridgehead atoms. The summed E-state index contributed by atoms with van der Waals surface area (Å²) >= 11 is 1.40. The van der Waals surface area contributed by atoms with Crippen molar-refractivity contribution in [1.29, 1.82) is 0 Å². The molecule has 1 aromatic carbocycles. The van der Waals surface area contributed by atoms with Crippen LogP contribution in [-0.4, -0.2) is 73.9 Å². The SMILES string of the molecule is C[C@@H]1O[C@@H](SCC2C3CCC(C3)C2NC(=O)c2ccccc2C(=O)O)[C@@H](O)[C@H](O)[C@@H]1O. The normalized spacial score (nSPS) is 39.4. The number of carboxylic acids is 1. The first kappa shape index (κ1) is 22.5. The number of aliphatic hydroxyl groups is 3. The van der Waals surface area contributed by atoms with Gasteiger partial charge in [-0.3, -0.25) is 4.79 Å². The zero-order valence-electron chi connectivity index (χ0n) is 17.3. The standard InChI is InChI=1S/C22H29NO7S/c1-10-17(24)18(25)19(26)22(30-10)31-9-15-11-6-7-12(8-11)16(15)23-20(27)13-4-2-3-5-14(13)21(28)29/h2-5,10-12,15-19,22,24-26H,6-9H2,1H3,(H,23,27)(H,28,29)/t10-,11?,12?,15?,16?,17+,18+,19-,22-/m0/s1. The van der Waals surface area contributed by atoms with Crippen molar-refractivity contribution >= 4 is 23.6 Å². The van der Waals surface area contributed by atoms with E-state index in [2.05, 4.69) is 5.32 Å². The van der Waals surface area contributed by atoms with Gasteiger partial charge < -0.3 is 30.5 Å². The quantitative estimate of drug-likeness (QED) is 0.434. The van der Waals surface area contributed by atoms with Crippen LogP contribution in [0.4, 0.5) is 0 Å². The highest BCUT2D eigenvalue weighted by Crippen LogP contribution is 2.50. The van der Waals surface area contributed by atoms with E-state index in [0.29, 0.717) is 17.6 Å². The molecule has 3 aliphatic rings. The number of ether oxygens (including phenoxy) is 1. The summed E-state index contributed by atoms with van der Waals surface area (Å²) in [5, 5.41) is 42.7. The maximum absolute atomic E-state index is 12.9. The number of amides is 1. The summed E-state index contributed by atoms with van der Waals surface area (Å²) in [5.41, 5.74) is -0.521. The molecule has 9 heteroatoms. The van der Waals surface area contributed by atoms with Gasteiger partial charge in [0.1, 0.15) is 23.7 Å². The van der Waals surface area contributed by atoms with Gasteiger partial charge in [-0.1, -0.05) is 12.1 Å². The highest BCUT2D eigenvalue weighted by Gasteiger charge is 2.49. The molecule has 1 aromatic rings. The Kier molecular flexibility index (Phi) is 6.60. The molecule has 4 rings (SSSR count). The average molecular weight is 452 g/mol. The molecular formula is C22H29NO7S. The minimum Gasteiger partial charge on any atom is -0.478 e. The lowest BCUT2D eigenvalue weighted by molar-refractivity contribution is -0.192. The second-order valence-corrected chi connectivity index (χ2v) is 9.99. The number of hydrogen-bond donors (Lipinski definition) is 5. The minimum absolute atomic E-state index is 0.0191. The zero-order chi connectivity index (χ0) is 22.3. The molecule has 1 amide bonds. The van der Waals surface area contributed by atoms with E-state index >= 15 is 0 Å². The number of aromatic carboxylic acids is 1. The van der Waals surface area contributed by atoms with Gasteiger partial charge in [-0.25, -0.2) is 4.79 Å². The third-order valence-corrected chi connectivity index (χ3v) is 8.35. The third kappa shape index (κ3) is 4.34. The highest BCUT2D eigenvalue weighted by molar-refractivity contribution is 7.99. The lowest BCUT2D eigenvalue weighted by atomic mass is 9.85. The molecule has 2 saturated carbocycles. The van der Waals surface area contributed by atoms with Gasteiger partial charge >= 0.3 is 5.97 Å². The summed E-state index contributed by atoms with van der Waals surface area (Å²) < 4.78 is 5.70. The van der Waals surface area contributed by atoms with E-state index in [1.807, 2.05) is 0 Å². The second kappa shape index (κ2) is 9.07. The van der Waals surface area contributed by atoms with Crippen molar-refractivity contribution in [3.05, 3.63) is 35.4 Å². The van der Waals surface area contributed by atoms with Crippen LogP contribution in [0.2, 0.25) is 0 Å². The molecule has 4 unspecified atom stereocenters. The number of carbonyl (C=O) groups is 2. The second-order valence-electron chi connectivity index (χ2n) is 8.86. The van der Waals surface area contributed by atoms with Gasteiger partial charge in [0.15, 0.2) is 0 Å². The Morgan fingerprint density at radius 2 is 1.74 bits per heavy atom. The van der Waals surface area contributed by atoms with Crippen LogP contribution in [0.3, 0.4) is 0 Å². The first-order valence-electron chi connectivity index (χ1n) is 10.7. The van der Waals surface area contributed by atoms with Gasteiger partial charge in [0, 0.05) is 11.8 Å². The Labute approximate surface area is 185 Å². The Morgan fingerprint density at radius 1 is 1.06 bits per heavy atom. The molecule has 8 nitrogen and oxygen atoms in total. The summed E-state index contributed by atoms with van der Waals surface area (Å²) in [6.45, 7) is 1.66. The first-order chi connectivity index (χ1) is 14.8. The van der Waals surface area contributed by atoms with E-state index in [0.717, 1.165) is 19.3 Å². The molecule has 3 fully saturated rings. The molecule has 0 spiro atoms. The molecule has 0 aromatic heterocycles. The van der Waals surface area contributed by atoms with E-state index < -0.39 is 35.8 Å². The van der Waals surface area contributed by atoms with Crippen molar-refractivity contribution in [2.45, 2.75) is 62.1 Å².